The molecule has 0 saturated carbocycles. The number of aliphatic imine (C=N–C) groups is 1. The minimum absolute atomic E-state index is 0.00195. The second kappa shape index (κ2) is 11.0. The van der Waals surface area contributed by atoms with Crippen LogP contribution < -0.4 is 10.1 Å². The van der Waals surface area contributed by atoms with Gasteiger partial charge in [-0.2, -0.15) is 0 Å². The number of fused-ring (bicyclic) bond motifs is 2. The molecule has 1 atom stereocenters. The molecule has 4 aliphatic rings. The molecule has 0 unspecified atom stereocenters. The van der Waals surface area contributed by atoms with E-state index >= 15 is 0 Å². The molecule has 2 aromatic rings. The standard InChI is InChI=1S/C31H31FN4O5/c1-35-11-9-20(10-12-35)36-30(39)23-13-18-14-27(34-26(18)15-24(23)31(36)40)29-25(3-2-4-28(29)38)33-16-21(37)17-41-22-7-5-19(32)6-8-22/h2-3,5-8,13,15,20-21,34,37H,4,9-12,14,16-17H2,1H3/t21-/m1/s1. The number of Topliss-reactive ketones (excluding diaryl/α,β-unsaturated/α-hetero) is 1. The van der Waals surface area contributed by atoms with Gasteiger partial charge in [-0.05, 0) is 81.0 Å². The maximum atomic E-state index is 13.3. The number of nitrogens with one attached hydrogen (secondary N) is 1. The molecule has 6 rings (SSSR count). The van der Waals surface area contributed by atoms with Crippen LogP contribution in [0.2, 0.25) is 0 Å². The van der Waals surface area contributed by atoms with Crippen LogP contribution in [0.15, 0.2) is 64.8 Å². The number of benzene rings is 2. The van der Waals surface area contributed by atoms with Crippen LogP contribution in [0.25, 0.3) is 0 Å². The van der Waals surface area contributed by atoms with Crippen molar-refractivity contribution in [1.82, 2.24) is 9.80 Å². The van der Waals surface area contributed by atoms with Gasteiger partial charge in [0.2, 0.25) is 0 Å². The predicted molar refractivity (Wildman–Crippen MR) is 151 cm³/mol. The normalized spacial score (nSPS) is 22.8. The zero-order valence-electron chi connectivity index (χ0n) is 22.7. The zero-order valence-corrected chi connectivity index (χ0v) is 22.7. The number of ketones is 1. The molecule has 1 fully saturated rings. The lowest BCUT2D eigenvalue weighted by Crippen LogP contribution is -2.46. The minimum Gasteiger partial charge on any atom is -0.491 e. The summed E-state index contributed by atoms with van der Waals surface area (Å²) in [6.07, 6.45) is 4.70. The lowest BCUT2D eigenvalue weighted by molar-refractivity contribution is -0.114. The Labute approximate surface area is 237 Å². The van der Waals surface area contributed by atoms with Gasteiger partial charge >= 0.3 is 0 Å². The van der Waals surface area contributed by atoms with Crippen LogP contribution in [-0.2, 0) is 11.2 Å². The number of imide groups is 1. The summed E-state index contributed by atoms with van der Waals surface area (Å²) in [5.41, 5.74) is 3.87. The van der Waals surface area contributed by atoms with Crippen LogP contribution in [0.4, 0.5) is 10.1 Å². The maximum Gasteiger partial charge on any atom is 0.261 e. The molecule has 0 radical (unpaired) electrons. The first-order chi connectivity index (χ1) is 19.8. The van der Waals surface area contributed by atoms with Crippen molar-refractivity contribution in [3.05, 3.63) is 82.3 Å². The number of aliphatic hydroxyl groups excluding tert-OH is 1. The third-order valence-corrected chi connectivity index (χ3v) is 7.99. The number of ether oxygens (including phenoxy) is 1. The molecule has 1 aliphatic carbocycles. The van der Waals surface area contributed by atoms with E-state index in [0.29, 0.717) is 46.0 Å². The summed E-state index contributed by atoms with van der Waals surface area (Å²) in [5.74, 6) is -0.564. The summed E-state index contributed by atoms with van der Waals surface area (Å²) in [5, 5.41) is 13.7. The van der Waals surface area contributed by atoms with E-state index in [9.17, 15) is 23.9 Å². The van der Waals surface area contributed by atoms with E-state index in [1.165, 1.54) is 29.2 Å². The third kappa shape index (κ3) is 5.32. The highest BCUT2D eigenvalue weighted by Gasteiger charge is 2.42. The summed E-state index contributed by atoms with van der Waals surface area (Å²) in [4.78, 5) is 47.7. The summed E-state index contributed by atoms with van der Waals surface area (Å²) < 4.78 is 18.6. The molecule has 2 amide bonds. The van der Waals surface area contributed by atoms with E-state index in [1.54, 1.807) is 24.3 Å². The first-order valence-corrected chi connectivity index (χ1v) is 13.8. The Bertz CT molecular complexity index is 1460. The molecule has 1 saturated heterocycles. The van der Waals surface area contributed by atoms with Gasteiger partial charge in [0.15, 0.2) is 5.78 Å². The number of piperidine rings is 1. The minimum atomic E-state index is -0.939. The summed E-state index contributed by atoms with van der Waals surface area (Å²) in [6, 6.07) is 8.91. The van der Waals surface area contributed by atoms with Crippen LogP contribution in [0.5, 0.6) is 5.75 Å². The van der Waals surface area contributed by atoms with Crippen LogP contribution in [0, 0.1) is 5.82 Å². The van der Waals surface area contributed by atoms with Crippen LogP contribution in [-0.4, -0.2) is 83.7 Å². The monoisotopic (exact) mass is 558 g/mol. The highest BCUT2D eigenvalue weighted by Crippen LogP contribution is 2.38. The topological polar surface area (TPSA) is 112 Å². The molecule has 41 heavy (non-hydrogen) atoms. The molecular formula is C31H31FN4O5. The molecule has 10 heteroatoms. The van der Waals surface area contributed by atoms with Gasteiger partial charge in [-0.3, -0.25) is 24.3 Å². The number of nitrogens with zero attached hydrogens (tertiary/aromatic N) is 3. The molecular weight excluding hydrogens is 527 g/mol. The molecule has 0 spiro atoms. The smallest absolute Gasteiger partial charge is 0.261 e. The number of aliphatic hydroxyl groups is 1. The van der Waals surface area contributed by atoms with Crippen molar-refractivity contribution in [3.63, 3.8) is 0 Å². The fourth-order valence-electron chi connectivity index (χ4n) is 5.79. The number of allylic oxidation sites excluding steroid dienone is 4. The number of rotatable bonds is 6. The maximum absolute atomic E-state index is 13.3. The van der Waals surface area contributed by atoms with E-state index in [-0.39, 0.29) is 49.0 Å². The fourth-order valence-corrected chi connectivity index (χ4v) is 5.79. The molecule has 3 aliphatic heterocycles. The largest absolute Gasteiger partial charge is 0.491 e. The first-order valence-electron chi connectivity index (χ1n) is 13.8. The quantitative estimate of drug-likeness (QED) is 0.414. The molecule has 212 valence electrons. The van der Waals surface area contributed by atoms with Gasteiger partial charge in [0, 0.05) is 30.3 Å². The number of carbonyl (C=O) groups is 3. The van der Waals surface area contributed by atoms with Crippen molar-refractivity contribution in [2.24, 2.45) is 4.99 Å². The molecule has 0 aromatic heterocycles. The number of carbonyl (C=O) groups excluding carboxylic acids is 3. The van der Waals surface area contributed by atoms with Gasteiger partial charge in [-0.25, -0.2) is 4.39 Å². The summed E-state index contributed by atoms with van der Waals surface area (Å²) in [7, 11) is 2.04. The van der Waals surface area contributed by atoms with Gasteiger partial charge in [-0.1, -0.05) is 6.08 Å². The van der Waals surface area contributed by atoms with E-state index in [0.717, 1.165) is 31.5 Å². The molecule has 2 N–H and O–H groups in total. The van der Waals surface area contributed by atoms with Crippen molar-refractivity contribution >= 4 is 29.0 Å². The molecule has 9 nitrogen and oxygen atoms in total. The number of anilines is 1. The van der Waals surface area contributed by atoms with E-state index < -0.39 is 6.10 Å². The van der Waals surface area contributed by atoms with Gasteiger partial charge < -0.3 is 20.1 Å². The van der Waals surface area contributed by atoms with Crippen molar-refractivity contribution in [1.29, 1.82) is 0 Å². The van der Waals surface area contributed by atoms with Crippen LogP contribution >= 0.6 is 0 Å². The van der Waals surface area contributed by atoms with Crippen LogP contribution in [0.1, 0.15) is 45.5 Å². The second-order valence-corrected chi connectivity index (χ2v) is 10.9. The summed E-state index contributed by atoms with van der Waals surface area (Å²) >= 11 is 0. The summed E-state index contributed by atoms with van der Waals surface area (Å²) in [6.45, 7) is 1.65. The Kier molecular flexibility index (Phi) is 7.27. The Morgan fingerprint density at radius 2 is 1.80 bits per heavy atom. The van der Waals surface area contributed by atoms with Gasteiger partial charge in [0.25, 0.3) is 11.8 Å². The lowest BCUT2D eigenvalue weighted by Gasteiger charge is -2.33. The number of hydrogen-bond acceptors (Lipinski definition) is 8. The average Bonchev–Trinajstić information content (AvgIpc) is 3.48. The van der Waals surface area contributed by atoms with Crippen molar-refractivity contribution < 1.29 is 28.6 Å². The molecule has 0 bridgehead atoms. The van der Waals surface area contributed by atoms with Crippen molar-refractivity contribution in [2.75, 3.05) is 38.6 Å². The molecule has 2 aromatic carbocycles. The first kappa shape index (κ1) is 27.0. The third-order valence-electron chi connectivity index (χ3n) is 7.99. The lowest BCUT2D eigenvalue weighted by atomic mass is 9.94. The SMILES string of the molecule is CN1CCC(N2C(=O)c3cc4c(cc3C2=O)NC(=C2C(=O)CC=CC2=NC[C@@H](O)COc2ccc(F)cc2)C4)CC1. The number of halogens is 1. The Morgan fingerprint density at radius 3 is 2.54 bits per heavy atom. The Morgan fingerprint density at radius 1 is 1.10 bits per heavy atom. The number of amides is 2. The van der Waals surface area contributed by atoms with Crippen molar-refractivity contribution in [3.8, 4) is 5.75 Å². The van der Waals surface area contributed by atoms with E-state index in [1.807, 2.05) is 7.05 Å². The van der Waals surface area contributed by atoms with E-state index in [4.69, 9.17) is 4.74 Å². The number of hydrogen-bond donors (Lipinski definition) is 2. The second-order valence-electron chi connectivity index (χ2n) is 10.9. The number of likely N-dealkylation sites (tertiary alicyclic amines) is 1. The van der Waals surface area contributed by atoms with Crippen molar-refractivity contribution in [2.45, 2.75) is 37.8 Å². The van der Waals surface area contributed by atoms with Gasteiger partial charge in [0.1, 0.15) is 24.3 Å². The Hall–Kier alpha value is -4.15. The highest BCUT2D eigenvalue weighted by molar-refractivity contribution is 6.29. The fraction of sp³-hybridized carbons (Fsp3) is 0.355. The predicted octanol–water partition coefficient (Wildman–Crippen LogP) is 3.15. The zero-order chi connectivity index (χ0) is 28.7. The Balaban J connectivity index is 1.18. The van der Waals surface area contributed by atoms with E-state index in [2.05, 4.69) is 15.2 Å². The highest BCUT2D eigenvalue weighted by atomic mass is 19.1. The van der Waals surface area contributed by atoms with Gasteiger partial charge in [0.05, 0.1) is 29.0 Å². The molecule has 3 heterocycles. The van der Waals surface area contributed by atoms with Gasteiger partial charge in [-0.15, -0.1) is 0 Å². The van der Waals surface area contributed by atoms with Crippen LogP contribution in [0.3, 0.4) is 0 Å². The average molecular weight is 559 g/mol.